The van der Waals surface area contributed by atoms with Crippen LogP contribution in [0.15, 0.2) is 57.8 Å². The van der Waals surface area contributed by atoms with Gasteiger partial charge in [-0.3, -0.25) is 4.79 Å². The maximum Gasteiger partial charge on any atom is 0.251 e. The van der Waals surface area contributed by atoms with Crippen LogP contribution < -0.4 is 5.32 Å². The molecule has 0 fully saturated rings. The molecule has 1 amide bonds. The van der Waals surface area contributed by atoms with Crippen LogP contribution in [0.5, 0.6) is 0 Å². The van der Waals surface area contributed by atoms with Crippen molar-refractivity contribution in [3.05, 3.63) is 65.4 Å². The van der Waals surface area contributed by atoms with Crippen LogP contribution in [-0.2, 0) is 6.54 Å². The van der Waals surface area contributed by atoms with Gasteiger partial charge in [0, 0.05) is 27.2 Å². The lowest BCUT2D eigenvalue weighted by molar-refractivity contribution is 0.0948. The van der Waals surface area contributed by atoms with E-state index in [1.807, 2.05) is 43.3 Å². The number of nitrogens with one attached hydrogen (secondary N) is 1. The van der Waals surface area contributed by atoms with Crippen LogP contribution in [0.1, 0.15) is 21.7 Å². The molecular formula is C19H19NO3S. The molecule has 0 aliphatic rings. The fraction of sp³-hybridized carbons (Fsp3) is 0.211. The second-order valence-electron chi connectivity index (χ2n) is 5.43. The number of carbonyl (C=O) groups excluding carboxylic acids is 1. The SMILES string of the molecule is Cc1c(CNC(=O)c2ccc(SCCO)cc2)oc2ccccc12. The van der Waals surface area contributed by atoms with E-state index in [1.165, 1.54) is 0 Å². The van der Waals surface area contributed by atoms with Crippen molar-refractivity contribution in [3.8, 4) is 0 Å². The molecule has 5 heteroatoms. The predicted molar refractivity (Wildman–Crippen MR) is 96.4 cm³/mol. The highest BCUT2D eigenvalue weighted by molar-refractivity contribution is 7.99. The quantitative estimate of drug-likeness (QED) is 0.670. The predicted octanol–water partition coefficient (Wildman–Crippen LogP) is 3.76. The van der Waals surface area contributed by atoms with E-state index in [0.29, 0.717) is 17.9 Å². The molecule has 2 aromatic carbocycles. The van der Waals surface area contributed by atoms with Crippen molar-refractivity contribution in [2.75, 3.05) is 12.4 Å². The minimum Gasteiger partial charge on any atom is -0.459 e. The highest BCUT2D eigenvalue weighted by atomic mass is 32.2. The average Bonchev–Trinajstić information content (AvgIpc) is 2.94. The molecule has 0 atom stereocenters. The van der Waals surface area contributed by atoms with E-state index in [0.717, 1.165) is 27.2 Å². The van der Waals surface area contributed by atoms with Crippen LogP contribution >= 0.6 is 11.8 Å². The van der Waals surface area contributed by atoms with Crippen LogP contribution in [0.2, 0.25) is 0 Å². The van der Waals surface area contributed by atoms with E-state index in [1.54, 1.807) is 23.9 Å². The van der Waals surface area contributed by atoms with Crippen LogP contribution in [-0.4, -0.2) is 23.4 Å². The van der Waals surface area contributed by atoms with Crippen molar-refractivity contribution in [1.82, 2.24) is 5.32 Å². The fourth-order valence-electron chi connectivity index (χ4n) is 2.52. The number of aliphatic hydroxyl groups is 1. The van der Waals surface area contributed by atoms with E-state index in [2.05, 4.69) is 5.32 Å². The van der Waals surface area contributed by atoms with Crippen molar-refractivity contribution < 1.29 is 14.3 Å². The van der Waals surface area contributed by atoms with Crippen molar-refractivity contribution in [2.45, 2.75) is 18.4 Å². The Hall–Kier alpha value is -2.24. The molecule has 0 unspecified atom stereocenters. The van der Waals surface area contributed by atoms with Crippen LogP contribution in [0, 0.1) is 6.92 Å². The molecule has 0 radical (unpaired) electrons. The van der Waals surface area contributed by atoms with Gasteiger partial charge in [-0.25, -0.2) is 0 Å². The highest BCUT2D eigenvalue weighted by Gasteiger charge is 2.12. The van der Waals surface area contributed by atoms with E-state index in [4.69, 9.17) is 9.52 Å². The molecule has 24 heavy (non-hydrogen) atoms. The number of amides is 1. The van der Waals surface area contributed by atoms with Gasteiger partial charge in [0.05, 0.1) is 13.2 Å². The van der Waals surface area contributed by atoms with E-state index in [-0.39, 0.29) is 12.5 Å². The largest absolute Gasteiger partial charge is 0.459 e. The maximum atomic E-state index is 12.3. The molecule has 1 heterocycles. The number of aliphatic hydroxyl groups excluding tert-OH is 1. The normalized spacial score (nSPS) is 10.9. The Bertz CT molecular complexity index is 839. The second kappa shape index (κ2) is 7.55. The van der Waals surface area contributed by atoms with Crippen molar-refractivity contribution in [3.63, 3.8) is 0 Å². The molecule has 2 N–H and O–H groups in total. The van der Waals surface area contributed by atoms with Gasteiger partial charge in [-0.15, -0.1) is 11.8 Å². The molecule has 4 nitrogen and oxygen atoms in total. The minimum absolute atomic E-state index is 0.131. The zero-order valence-electron chi connectivity index (χ0n) is 13.4. The number of para-hydroxylation sites is 1. The van der Waals surface area contributed by atoms with Gasteiger partial charge in [0.25, 0.3) is 5.91 Å². The monoisotopic (exact) mass is 341 g/mol. The van der Waals surface area contributed by atoms with Gasteiger partial charge in [0.1, 0.15) is 11.3 Å². The van der Waals surface area contributed by atoms with Crippen molar-refractivity contribution in [2.24, 2.45) is 0 Å². The molecule has 3 rings (SSSR count). The standard InChI is InChI=1S/C19H19NO3S/c1-13-16-4-2-3-5-17(16)23-18(13)12-20-19(22)14-6-8-15(9-7-14)24-11-10-21/h2-9,21H,10-12H2,1H3,(H,20,22). The molecule has 0 saturated heterocycles. The third kappa shape index (κ3) is 3.63. The zero-order chi connectivity index (χ0) is 16.9. The summed E-state index contributed by atoms with van der Waals surface area (Å²) >= 11 is 1.56. The number of rotatable bonds is 6. The Morgan fingerprint density at radius 3 is 2.62 bits per heavy atom. The number of benzene rings is 2. The fourth-order valence-corrected chi connectivity index (χ4v) is 3.18. The number of hydrogen-bond donors (Lipinski definition) is 2. The zero-order valence-corrected chi connectivity index (χ0v) is 14.2. The summed E-state index contributed by atoms with van der Waals surface area (Å²) in [6.45, 7) is 2.50. The molecule has 0 saturated carbocycles. The van der Waals surface area contributed by atoms with Crippen LogP contribution in [0.25, 0.3) is 11.0 Å². The summed E-state index contributed by atoms with van der Waals surface area (Å²) in [5.74, 6) is 1.30. The van der Waals surface area contributed by atoms with Crippen LogP contribution in [0.4, 0.5) is 0 Å². The molecular weight excluding hydrogens is 322 g/mol. The van der Waals surface area contributed by atoms with Crippen LogP contribution in [0.3, 0.4) is 0 Å². The summed E-state index contributed by atoms with van der Waals surface area (Å²) in [5, 5.41) is 12.8. The van der Waals surface area contributed by atoms with Crippen molar-refractivity contribution >= 4 is 28.6 Å². The average molecular weight is 341 g/mol. The molecule has 0 spiro atoms. The smallest absolute Gasteiger partial charge is 0.251 e. The van der Waals surface area contributed by atoms with E-state index in [9.17, 15) is 4.79 Å². The first kappa shape index (κ1) is 16.6. The van der Waals surface area contributed by atoms with E-state index < -0.39 is 0 Å². The molecule has 0 bridgehead atoms. The molecule has 0 aliphatic carbocycles. The number of aryl methyl sites for hydroxylation is 1. The number of thioether (sulfide) groups is 1. The topological polar surface area (TPSA) is 62.5 Å². The number of furan rings is 1. The van der Waals surface area contributed by atoms with Gasteiger partial charge in [0.15, 0.2) is 0 Å². The first-order valence-electron chi connectivity index (χ1n) is 7.78. The lowest BCUT2D eigenvalue weighted by atomic mass is 10.1. The Morgan fingerprint density at radius 2 is 1.92 bits per heavy atom. The first-order valence-corrected chi connectivity index (χ1v) is 8.76. The summed E-state index contributed by atoms with van der Waals surface area (Å²) in [6.07, 6.45) is 0. The molecule has 0 aliphatic heterocycles. The lowest BCUT2D eigenvalue weighted by Gasteiger charge is -2.05. The Kier molecular flexibility index (Phi) is 5.23. The number of fused-ring (bicyclic) bond motifs is 1. The van der Waals surface area contributed by atoms with Gasteiger partial charge in [-0.1, -0.05) is 18.2 Å². The minimum atomic E-state index is -0.131. The summed E-state index contributed by atoms with van der Waals surface area (Å²) < 4.78 is 5.81. The summed E-state index contributed by atoms with van der Waals surface area (Å²) in [5.41, 5.74) is 2.50. The molecule has 1 aromatic heterocycles. The maximum absolute atomic E-state index is 12.3. The Labute approximate surface area is 144 Å². The molecule has 124 valence electrons. The Morgan fingerprint density at radius 1 is 1.17 bits per heavy atom. The summed E-state index contributed by atoms with van der Waals surface area (Å²) in [4.78, 5) is 13.3. The van der Waals surface area contributed by atoms with Gasteiger partial charge >= 0.3 is 0 Å². The second-order valence-corrected chi connectivity index (χ2v) is 6.59. The van der Waals surface area contributed by atoms with Crippen molar-refractivity contribution in [1.29, 1.82) is 0 Å². The first-order chi connectivity index (χ1) is 11.7. The molecule has 3 aromatic rings. The third-order valence-electron chi connectivity index (χ3n) is 3.83. The van der Waals surface area contributed by atoms with Gasteiger partial charge in [-0.05, 0) is 37.3 Å². The third-order valence-corrected chi connectivity index (χ3v) is 4.82. The highest BCUT2D eigenvalue weighted by Crippen LogP contribution is 2.24. The van der Waals surface area contributed by atoms with Gasteiger partial charge in [-0.2, -0.15) is 0 Å². The Balaban J connectivity index is 1.65. The number of carbonyl (C=O) groups is 1. The summed E-state index contributed by atoms with van der Waals surface area (Å²) in [6, 6.07) is 15.2. The number of hydrogen-bond acceptors (Lipinski definition) is 4. The van der Waals surface area contributed by atoms with E-state index >= 15 is 0 Å². The van der Waals surface area contributed by atoms with Gasteiger partial charge < -0.3 is 14.8 Å². The summed E-state index contributed by atoms with van der Waals surface area (Å²) in [7, 11) is 0. The lowest BCUT2D eigenvalue weighted by Crippen LogP contribution is -2.22. The van der Waals surface area contributed by atoms with Gasteiger partial charge in [0.2, 0.25) is 0 Å².